The smallest absolute Gasteiger partial charge is 0.258 e. The molecule has 0 unspecified atom stereocenters. The quantitative estimate of drug-likeness (QED) is 0.348. The number of halogens is 1. The highest BCUT2D eigenvalue weighted by molar-refractivity contribution is 9.10. The Labute approximate surface area is 175 Å². The van der Waals surface area contributed by atoms with Crippen LogP contribution in [0, 0.1) is 0 Å². The maximum atomic E-state index is 12.8. The van der Waals surface area contributed by atoms with E-state index in [1.165, 1.54) is 0 Å². The van der Waals surface area contributed by atoms with Crippen molar-refractivity contribution < 1.29 is 9.90 Å². The molecule has 0 aliphatic carbocycles. The predicted molar refractivity (Wildman–Crippen MR) is 121 cm³/mol. The maximum Gasteiger partial charge on any atom is 0.258 e. The van der Waals surface area contributed by atoms with E-state index < -0.39 is 0 Å². The standard InChI is InChI=1S/C22H15BrN2O2S/c23-18-10-2-5-13-14(18)6-1-9-17(13)21(27)25-22(28)24-19-11-3-8-16-15(19)7-4-12-20(16)26/h1-12,26H,(H2,24,25,27,28). The number of anilines is 1. The van der Waals surface area contributed by atoms with E-state index in [0.29, 0.717) is 16.6 Å². The molecule has 0 radical (unpaired) electrons. The van der Waals surface area contributed by atoms with Crippen molar-refractivity contribution in [2.45, 2.75) is 0 Å². The molecule has 0 spiro atoms. The number of amides is 1. The fourth-order valence-electron chi connectivity index (χ4n) is 3.20. The van der Waals surface area contributed by atoms with Gasteiger partial charge in [-0.1, -0.05) is 64.5 Å². The summed E-state index contributed by atoms with van der Waals surface area (Å²) >= 11 is 8.86. The van der Waals surface area contributed by atoms with Crippen LogP contribution in [0.25, 0.3) is 21.5 Å². The largest absolute Gasteiger partial charge is 0.507 e. The Bertz CT molecular complexity index is 1240. The Morgan fingerprint density at radius 3 is 2.32 bits per heavy atom. The van der Waals surface area contributed by atoms with Gasteiger partial charge in [0.1, 0.15) is 5.75 Å². The number of phenolic OH excluding ortho intramolecular Hbond substituents is 1. The summed E-state index contributed by atoms with van der Waals surface area (Å²) in [6, 6.07) is 22.0. The molecule has 4 aromatic rings. The Morgan fingerprint density at radius 2 is 1.46 bits per heavy atom. The lowest BCUT2D eigenvalue weighted by molar-refractivity contribution is 0.0979. The molecule has 0 heterocycles. The second-order valence-electron chi connectivity index (χ2n) is 6.23. The molecular formula is C22H15BrN2O2S. The molecule has 0 saturated carbocycles. The summed E-state index contributed by atoms with van der Waals surface area (Å²) in [6.07, 6.45) is 0. The van der Waals surface area contributed by atoms with Crippen LogP contribution >= 0.6 is 28.1 Å². The van der Waals surface area contributed by atoms with E-state index in [9.17, 15) is 9.90 Å². The molecule has 1 amide bonds. The van der Waals surface area contributed by atoms with Gasteiger partial charge in [0.15, 0.2) is 5.11 Å². The third kappa shape index (κ3) is 3.44. The van der Waals surface area contributed by atoms with Crippen molar-refractivity contribution in [3.63, 3.8) is 0 Å². The fraction of sp³-hybridized carbons (Fsp3) is 0. The maximum absolute atomic E-state index is 12.8. The monoisotopic (exact) mass is 450 g/mol. The summed E-state index contributed by atoms with van der Waals surface area (Å²) in [5.41, 5.74) is 1.25. The van der Waals surface area contributed by atoms with E-state index in [2.05, 4.69) is 26.6 Å². The van der Waals surface area contributed by atoms with Crippen LogP contribution in [0.3, 0.4) is 0 Å². The first-order chi connectivity index (χ1) is 13.5. The Hall–Kier alpha value is -2.96. The first-order valence-electron chi connectivity index (χ1n) is 8.55. The lowest BCUT2D eigenvalue weighted by atomic mass is 10.0. The Balaban J connectivity index is 1.59. The molecule has 3 N–H and O–H groups in total. The minimum absolute atomic E-state index is 0.188. The second kappa shape index (κ2) is 7.58. The Kier molecular flexibility index (Phi) is 4.98. The van der Waals surface area contributed by atoms with Crippen molar-refractivity contribution in [2.75, 3.05) is 5.32 Å². The molecule has 0 aromatic heterocycles. The van der Waals surface area contributed by atoms with Crippen molar-refractivity contribution in [1.82, 2.24) is 5.32 Å². The number of rotatable bonds is 2. The van der Waals surface area contributed by atoms with Crippen LogP contribution in [0.15, 0.2) is 77.3 Å². The summed E-state index contributed by atoms with van der Waals surface area (Å²) in [5.74, 6) is -0.0956. The van der Waals surface area contributed by atoms with Crippen LogP contribution in [0.4, 0.5) is 5.69 Å². The van der Waals surface area contributed by atoms with E-state index in [1.807, 2.05) is 54.6 Å². The van der Waals surface area contributed by atoms with Gasteiger partial charge < -0.3 is 10.4 Å². The molecule has 0 atom stereocenters. The van der Waals surface area contributed by atoms with Crippen molar-refractivity contribution in [2.24, 2.45) is 0 Å². The topological polar surface area (TPSA) is 61.4 Å². The van der Waals surface area contributed by atoms with Gasteiger partial charge in [0.2, 0.25) is 0 Å². The highest BCUT2D eigenvalue weighted by Crippen LogP contribution is 2.30. The number of hydrogen-bond acceptors (Lipinski definition) is 3. The number of carbonyl (C=O) groups excluding carboxylic acids is 1. The van der Waals surface area contributed by atoms with Crippen LogP contribution in [0.2, 0.25) is 0 Å². The molecule has 28 heavy (non-hydrogen) atoms. The summed E-state index contributed by atoms with van der Waals surface area (Å²) in [4.78, 5) is 12.8. The highest BCUT2D eigenvalue weighted by Gasteiger charge is 2.13. The molecule has 138 valence electrons. The number of carbonyl (C=O) groups is 1. The zero-order valence-electron chi connectivity index (χ0n) is 14.6. The van der Waals surface area contributed by atoms with Crippen molar-refractivity contribution >= 4 is 66.4 Å². The summed E-state index contributed by atoms with van der Waals surface area (Å²) < 4.78 is 0.927. The van der Waals surface area contributed by atoms with Gasteiger partial charge in [0.05, 0.1) is 0 Å². The summed E-state index contributed by atoms with van der Waals surface area (Å²) in [5, 5.41) is 19.3. The normalized spacial score (nSPS) is 10.8. The highest BCUT2D eigenvalue weighted by atomic mass is 79.9. The van der Waals surface area contributed by atoms with Gasteiger partial charge in [-0.3, -0.25) is 10.1 Å². The molecule has 4 nitrogen and oxygen atoms in total. The molecule has 0 aliphatic rings. The molecule has 0 aliphatic heterocycles. The molecule has 4 rings (SSSR count). The van der Waals surface area contributed by atoms with Gasteiger partial charge >= 0.3 is 0 Å². The van der Waals surface area contributed by atoms with E-state index in [0.717, 1.165) is 20.6 Å². The van der Waals surface area contributed by atoms with E-state index in [-0.39, 0.29) is 16.8 Å². The number of hydrogen-bond donors (Lipinski definition) is 3. The van der Waals surface area contributed by atoms with Gasteiger partial charge in [-0.25, -0.2) is 0 Å². The molecule has 0 bridgehead atoms. The van der Waals surface area contributed by atoms with Crippen LogP contribution in [0.1, 0.15) is 10.4 Å². The van der Waals surface area contributed by atoms with E-state index >= 15 is 0 Å². The van der Waals surface area contributed by atoms with Crippen molar-refractivity contribution in [3.05, 3.63) is 82.8 Å². The molecule has 4 aromatic carbocycles. The van der Waals surface area contributed by atoms with Crippen molar-refractivity contribution in [1.29, 1.82) is 0 Å². The molecular weight excluding hydrogens is 436 g/mol. The van der Waals surface area contributed by atoms with Gasteiger partial charge in [-0.05, 0) is 47.3 Å². The van der Waals surface area contributed by atoms with Crippen LogP contribution in [-0.2, 0) is 0 Å². The number of aromatic hydroxyl groups is 1. The zero-order chi connectivity index (χ0) is 19.7. The third-order valence-corrected chi connectivity index (χ3v) is 5.38. The summed E-state index contributed by atoms with van der Waals surface area (Å²) in [7, 11) is 0. The minimum atomic E-state index is -0.288. The first-order valence-corrected chi connectivity index (χ1v) is 9.75. The van der Waals surface area contributed by atoms with Crippen LogP contribution < -0.4 is 10.6 Å². The first kappa shape index (κ1) is 18.4. The molecule has 6 heteroatoms. The molecule has 0 saturated heterocycles. The number of nitrogens with one attached hydrogen (secondary N) is 2. The van der Waals surface area contributed by atoms with Gasteiger partial charge in [-0.2, -0.15) is 0 Å². The SMILES string of the molecule is O=C(NC(=S)Nc1cccc2c(O)cccc12)c1cccc2c(Br)cccc12. The lowest BCUT2D eigenvalue weighted by Gasteiger charge is -2.13. The van der Waals surface area contributed by atoms with E-state index in [1.54, 1.807) is 18.2 Å². The number of phenols is 1. The average Bonchev–Trinajstić information content (AvgIpc) is 2.68. The van der Waals surface area contributed by atoms with Gasteiger partial charge in [0, 0.05) is 26.5 Å². The second-order valence-corrected chi connectivity index (χ2v) is 7.49. The predicted octanol–water partition coefficient (Wildman–Crippen LogP) is 5.59. The molecule has 0 fully saturated rings. The van der Waals surface area contributed by atoms with Crippen molar-refractivity contribution in [3.8, 4) is 5.75 Å². The average molecular weight is 451 g/mol. The fourth-order valence-corrected chi connectivity index (χ4v) is 3.90. The number of benzene rings is 4. The van der Waals surface area contributed by atoms with Gasteiger partial charge in [0.25, 0.3) is 5.91 Å². The van der Waals surface area contributed by atoms with Gasteiger partial charge in [-0.15, -0.1) is 0 Å². The summed E-state index contributed by atoms with van der Waals surface area (Å²) in [6.45, 7) is 0. The third-order valence-electron chi connectivity index (χ3n) is 4.49. The van der Waals surface area contributed by atoms with Crippen LogP contribution in [0.5, 0.6) is 5.75 Å². The minimum Gasteiger partial charge on any atom is -0.507 e. The van der Waals surface area contributed by atoms with Crippen LogP contribution in [-0.4, -0.2) is 16.1 Å². The lowest BCUT2D eigenvalue weighted by Crippen LogP contribution is -2.34. The zero-order valence-corrected chi connectivity index (χ0v) is 17.0. The van der Waals surface area contributed by atoms with E-state index in [4.69, 9.17) is 12.2 Å². The Morgan fingerprint density at radius 1 is 0.821 bits per heavy atom. The number of thiocarbonyl (C=S) groups is 1. The number of fused-ring (bicyclic) bond motifs is 2.